The number of carbonyl (C=O) groups is 1. The Bertz CT molecular complexity index is 905. The lowest BCUT2D eigenvalue weighted by molar-refractivity contribution is 0.0921. The minimum atomic E-state index is -0.109. The van der Waals surface area contributed by atoms with Gasteiger partial charge in [0.2, 0.25) is 0 Å². The molecule has 0 aliphatic carbocycles. The number of hydrogen-bond donors (Lipinski definition) is 0. The molecule has 0 saturated carbocycles. The van der Waals surface area contributed by atoms with Gasteiger partial charge in [0, 0.05) is 10.9 Å². The predicted octanol–water partition coefficient (Wildman–Crippen LogP) is 4.28. The Kier molecular flexibility index (Phi) is 4.07. The van der Waals surface area contributed by atoms with Crippen LogP contribution in [-0.2, 0) is 0 Å². The molecule has 3 aromatic rings. The van der Waals surface area contributed by atoms with Crippen molar-refractivity contribution in [3.8, 4) is 11.8 Å². The molecule has 0 radical (unpaired) electrons. The average Bonchev–Trinajstić information content (AvgIpc) is 2.59. The number of benzene rings is 3. The van der Waals surface area contributed by atoms with E-state index in [-0.39, 0.29) is 12.4 Å². The molecule has 3 nitrogen and oxygen atoms in total. The lowest BCUT2D eigenvalue weighted by Crippen LogP contribution is -2.12. The van der Waals surface area contributed by atoms with E-state index in [0.29, 0.717) is 16.9 Å². The zero-order chi connectivity index (χ0) is 16.2. The Hall–Kier alpha value is -3.12. The van der Waals surface area contributed by atoms with Crippen LogP contribution in [-0.4, -0.2) is 12.4 Å². The van der Waals surface area contributed by atoms with Crippen molar-refractivity contribution in [2.24, 2.45) is 0 Å². The molecule has 23 heavy (non-hydrogen) atoms. The maximum atomic E-state index is 12.2. The molecular formula is C20H15NO2. The number of aryl methyl sites for hydroxylation is 1. The molecular weight excluding hydrogens is 286 g/mol. The summed E-state index contributed by atoms with van der Waals surface area (Å²) in [6, 6.07) is 20.8. The van der Waals surface area contributed by atoms with Crippen LogP contribution in [0.1, 0.15) is 21.5 Å². The number of Topliss-reactive ketones (excluding diaryl/α,β-unsaturated/α-hetero) is 1. The fourth-order valence-electron chi connectivity index (χ4n) is 2.45. The van der Waals surface area contributed by atoms with E-state index in [1.165, 1.54) is 0 Å². The van der Waals surface area contributed by atoms with Gasteiger partial charge in [-0.2, -0.15) is 5.26 Å². The van der Waals surface area contributed by atoms with Crippen LogP contribution in [0.4, 0.5) is 0 Å². The highest BCUT2D eigenvalue weighted by molar-refractivity contribution is 5.97. The number of nitrogens with zero attached hydrogens (tertiary/aromatic N) is 1. The summed E-state index contributed by atoms with van der Waals surface area (Å²) in [5.41, 5.74) is 2.17. The van der Waals surface area contributed by atoms with E-state index < -0.39 is 0 Å². The SMILES string of the molecule is Cc1ccc(C(=O)COc2ccc3ccccc3c2C#N)cc1. The van der Waals surface area contributed by atoms with Crippen LogP contribution in [0.15, 0.2) is 60.7 Å². The number of fused-ring (bicyclic) bond motifs is 1. The lowest BCUT2D eigenvalue weighted by Gasteiger charge is -2.09. The van der Waals surface area contributed by atoms with Gasteiger partial charge >= 0.3 is 0 Å². The van der Waals surface area contributed by atoms with Gasteiger partial charge < -0.3 is 4.74 Å². The quantitative estimate of drug-likeness (QED) is 0.676. The van der Waals surface area contributed by atoms with Crippen molar-refractivity contribution >= 4 is 16.6 Å². The first-order valence-electron chi connectivity index (χ1n) is 7.33. The third-order valence-electron chi connectivity index (χ3n) is 3.73. The van der Waals surface area contributed by atoms with Crippen molar-refractivity contribution in [3.63, 3.8) is 0 Å². The third-order valence-corrected chi connectivity index (χ3v) is 3.73. The Balaban J connectivity index is 1.83. The first-order valence-corrected chi connectivity index (χ1v) is 7.33. The second-order valence-corrected chi connectivity index (χ2v) is 5.35. The van der Waals surface area contributed by atoms with Crippen LogP contribution in [0, 0.1) is 18.3 Å². The third kappa shape index (κ3) is 3.07. The molecule has 0 heterocycles. The Labute approximate surface area is 134 Å². The summed E-state index contributed by atoms with van der Waals surface area (Å²) in [6.45, 7) is 1.88. The number of ether oxygens (including phenoxy) is 1. The largest absolute Gasteiger partial charge is 0.484 e. The zero-order valence-electron chi connectivity index (χ0n) is 12.7. The van der Waals surface area contributed by atoms with Crippen LogP contribution < -0.4 is 4.74 Å². The van der Waals surface area contributed by atoms with Gasteiger partial charge in [0.1, 0.15) is 17.4 Å². The van der Waals surface area contributed by atoms with Gasteiger partial charge in [-0.05, 0) is 18.4 Å². The van der Waals surface area contributed by atoms with Gasteiger partial charge in [0.25, 0.3) is 0 Å². The molecule has 0 saturated heterocycles. The molecule has 0 bridgehead atoms. The molecule has 0 aliphatic rings. The Morgan fingerprint density at radius 2 is 1.78 bits per heavy atom. The van der Waals surface area contributed by atoms with Crippen LogP contribution in [0.2, 0.25) is 0 Å². The minimum absolute atomic E-state index is 0.0872. The molecule has 0 fully saturated rings. The summed E-state index contributed by atoms with van der Waals surface area (Å²) in [4.78, 5) is 12.2. The van der Waals surface area contributed by atoms with E-state index in [0.717, 1.165) is 16.3 Å². The average molecular weight is 301 g/mol. The fourth-order valence-corrected chi connectivity index (χ4v) is 2.45. The van der Waals surface area contributed by atoms with Gasteiger partial charge in [0.15, 0.2) is 12.4 Å². The van der Waals surface area contributed by atoms with Crippen LogP contribution >= 0.6 is 0 Å². The lowest BCUT2D eigenvalue weighted by atomic mass is 10.0. The highest BCUT2D eigenvalue weighted by Gasteiger charge is 2.11. The number of ketones is 1. The molecule has 112 valence electrons. The Morgan fingerprint density at radius 1 is 1.04 bits per heavy atom. The summed E-state index contributed by atoms with van der Waals surface area (Å²) in [5, 5.41) is 11.2. The number of hydrogen-bond acceptors (Lipinski definition) is 3. The van der Waals surface area contributed by atoms with Gasteiger partial charge in [-0.15, -0.1) is 0 Å². The highest BCUT2D eigenvalue weighted by Crippen LogP contribution is 2.27. The topological polar surface area (TPSA) is 50.1 Å². The van der Waals surface area contributed by atoms with E-state index in [9.17, 15) is 10.1 Å². The number of carbonyl (C=O) groups excluding carboxylic acids is 1. The van der Waals surface area contributed by atoms with Crippen molar-refractivity contribution < 1.29 is 9.53 Å². The van der Waals surface area contributed by atoms with E-state index in [1.54, 1.807) is 18.2 Å². The van der Waals surface area contributed by atoms with Crippen LogP contribution in [0.25, 0.3) is 10.8 Å². The summed E-state index contributed by atoms with van der Waals surface area (Å²) < 4.78 is 5.61. The van der Waals surface area contributed by atoms with Gasteiger partial charge in [0.05, 0.1) is 0 Å². The van der Waals surface area contributed by atoms with Crippen LogP contribution in [0.3, 0.4) is 0 Å². The van der Waals surface area contributed by atoms with E-state index in [4.69, 9.17) is 4.74 Å². The molecule has 0 atom stereocenters. The minimum Gasteiger partial charge on any atom is -0.484 e. The van der Waals surface area contributed by atoms with E-state index in [2.05, 4.69) is 6.07 Å². The summed E-state index contributed by atoms with van der Waals surface area (Å²) in [7, 11) is 0. The molecule has 3 rings (SSSR count). The van der Waals surface area contributed by atoms with Crippen molar-refractivity contribution in [3.05, 3.63) is 77.4 Å². The van der Waals surface area contributed by atoms with Crippen molar-refractivity contribution in [2.45, 2.75) is 6.92 Å². The molecule has 0 unspecified atom stereocenters. The highest BCUT2D eigenvalue weighted by atomic mass is 16.5. The normalized spacial score (nSPS) is 10.3. The zero-order valence-corrected chi connectivity index (χ0v) is 12.7. The fraction of sp³-hybridized carbons (Fsp3) is 0.100. The maximum Gasteiger partial charge on any atom is 0.200 e. The number of rotatable bonds is 4. The van der Waals surface area contributed by atoms with Crippen molar-refractivity contribution in [1.82, 2.24) is 0 Å². The molecule has 0 N–H and O–H groups in total. The second kappa shape index (κ2) is 6.33. The second-order valence-electron chi connectivity index (χ2n) is 5.35. The molecule has 0 amide bonds. The molecule has 0 spiro atoms. The monoisotopic (exact) mass is 301 g/mol. The smallest absolute Gasteiger partial charge is 0.200 e. The van der Waals surface area contributed by atoms with Gasteiger partial charge in [-0.3, -0.25) is 4.79 Å². The maximum absolute atomic E-state index is 12.2. The predicted molar refractivity (Wildman–Crippen MR) is 89.7 cm³/mol. The van der Waals surface area contributed by atoms with Crippen molar-refractivity contribution in [2.75, 3.05) is 6.61 Å². The summed E-state index contributed by atoms with van der Waals surface area (Å²) in [6.07, 6.45) is 0. The van der Waals surface area contributed by atoms with Crippen LogP contribution in [0.5, 0.6) is 5.75 Å². The standard InChI is InChI=1S/C20H15NO2/c1-14-6-8-16(9-7-14)19(22)13-23-20-11-10-15-4-2-3-5-17(15)18(20)12-21/h2-11H,13H2,1H3. The number of nitriles is 1. The molecule has 3 aromatic carbocycles. The van der Waals surface area contributed by atoms with E-state index in [1.807, 2.05) is 49.4 Å². The summed E-state index contributed by atoms with van der Waals surface area (Å²) >= 11 is 0. The molecule has 0 aliphatic heterocycles. The van der Waals surface area contributed by atoms with E-state index >= 15 is 0 Å². The van der Waals surface area contributed by atoms with Gasteiger partial charge in [-0.1, -0.05) is 60.2 Å². The van der Waals surface area contributed by atoms with Crippen molar-refractivity contribution in [1.29, 1.82) is 5.26 Å². The molecule has 3 heteroatoms. The molecule has 0 aromatic heterocycles. The first kappa shape index (κ1) is 14.8. The first-order chi connectivity index (χ1) is 11.2. The van der Waals surface area contributed by atoms with Gasteiger partial charge in [-0.25, -0.2) is 0 Å². The Morgan fingerprint density at radius 3 is 2.52 bits per heavy atom. The summed E-state index contributed by atoms with van der Waals surface area (Å²) in [5.74, 6) is 0.328.